The second kappa shape index (κ2) is 9.18. The zero-order valence-corrected chi connectivity index (χ0v) is 24.4. The van der Waals surface area contributed by atoms with Gasteiger partial charge in [-0.05, 0) is 0 Å². The molecular weight excluding hydrogens is 586 g/mol. The number of thiocarbonyl (C=S) groups is 1. The van der Waals surface area contributed by atoms with Crippen molar-refractivity contribution in [2.45, 2.75) is 25.9 Å². The molecule has 0 bridgehead atoms. The average molecular weight is 613 g/mol. The molecule has 0 radical (unpaired) electrons. The Morgan fingerprint density at radius 2 is 1.34 bits per heavy atom. The summed E-state index contributed by atoms with van der Waals surface area (Å²) in [5, 5.41) is 3.23. The van der Waals surface area contributed by atoms with Gasteiger partial charge >= 0.3 is 223 Å². The van der Waals surface area contributed by atoms with Crippen molar-refractivity contribution in [2.75, 3.05) is 19.0 Å². The Labute approximate surface area is 222 Å². The fourth-order valence-corrected chi connectivity index (χ4v) is 12.8. The average Bonchev–Trinajstić information content (AvgIpc) is 3.35. The fraction of sp³-hybridized carbons (Fsp3) is 0.222. The first-order valence-electron chi connectivity index (χ1n) is 11.7. The Hall–Kier alpha value is -2.50. The molecule has 2 amide bonds. The minimum atomic E-state index is -1.85. The van der Waals surface area contributed by atoms with Crippen molar-refractivity contribution >= 4 is 89.2 Å². The second-order valence-corrected chi connectivity index (χ2v) is 17.0. The summed E-state index contributed by atoms with van der Waals surface area (Å²) in [6.45, 7) is 4.68. The minimum absolute atomic E-state index is 0.178. The number of hydrogen-bond donors (Lipinski definition) is 0. The van der Waals surface area contributed by atoms with Crippen molar-refractivity contribution in [2.24, 2.45) is 0 Å². The second-order valence-electron chi connectivity index (χ2n) is 8.90. The molecule has 2 aliphatic heterocycles. The van der Waals surface area contributed by atoms with Gasteiger partial charge in [-0.15, -0.1) is 0 Å². The Kier molecular flexibility index (Phi) is 6.35. The van der Waals surface area contributed by atoms with Gasteiger partial charge in [-0.25, -0.2) is 0 Å². The third-order valence-electron chi connectivity index (χ3n) is 7.29. The van der Waals surface area contributed by atoms with E-state index in [9.17, 15) is 9.59 Å². The summed E-state index contributed by atoms with van der Waals surface area (Å²) < 4.78 is 2.33. The number of para-hydroxylation sites is 2. The standard InChI is InChI=1S/C27H27N3O2SSiTe/c1-5-34(6-2)22-13-9-7-11-20(22)30(21-12-8-10-14-23(21)34)24-16-15-18(35-24)17-19-25(31)28(3)27(33)29(4)26(19)32/h7-17H,5-6H2,1-4H3. The number of fused-ring (bicyclic) bond motifs is 2. The van der Waals surface area contributed by atoms with E-state index in [-0.39, 0.29) is 22.5 Å². The van der Waals surface area contributed by atoms with E-state index in [1.807, 2.05) is 0 Å². The zero-order chi connectivity index (χ0) is 24.9. The van der Waals surface area contributed by atoms with Crippen LogP contribution in [0.2, 0.25) is 12.1 Å². The maximum absolute atomic E-state index is 12.8. The van der Waals surface area contributed by atoms with Gasteiger partial charge in [0.05, 0.1) is 0 Å². The SMILES string of the molecule is CC[Si]1(CC)c2ccccc2N(c2ccc(C=C3C(=O)N(C)C(=S)N(C)C3=O)[te]2)c2ccccc21. The van der Waals surface area contributed by atoms with Crippen LogP contribution in [-0.4, -0.2) is 69.3 Å². The molecule has 1 saturated heterocycles. The molecule has 2 aromatic carbocycles. The summed E-state index contributed by atoms with van der Waals surface area (Å²) in [5.41, 5.74) is 2.75. The number of carbonyl (C=O) groups excluding carboxylic acids is 2. The van der Waals surface area contributed by atoms with Gasteiger partial charge in [-0.1, -0.05) is 0 Å². The van der Waals surface area contributed by atoms with Gasteiger partial charge in [0.2, 0.25) is 0 Å². The van der Waals surface area contributed by atoms with E-state index in [0.717, 1.165) is 3.58 Å². The third-order valence-corrected chi connectivity index (χ3v) is 16.1. The molecule has 3 heterocycles. The number of carbonyl (C=O) groups is 2. The molecule has 0 atom stereocenters. The van der Waals surface area contributed by atoms with E-state index < -0.39 is 28.5 Å². The Morgan fingerprint density at radius 1 is 0.829 bits per heavy atom. The van der Waals surface area contributed by atoms with Crippen LogP contribution >= 0.6 is 12.2 Å². The van der Waals surface area contributed by atoms with Crippen molar-refractivity contribution in [3.05, 3.63) is 69.8 Å². The van der Waals surface area contributed by atoms with Crippen LogP contribution in [-0.2, 0) is 9.59 Å². The van der Waals surface area contributed by atoms with Crippen molar-refractivity contribution in [3.63, 3.8) is 0 Å². The van der Waals surface area contributed by atoms with Crippen LogP contribution in [0.5, 0.6) is 0 Å². The molecule has 0 N–H and O–H groups in total. The molecule has 5 nitrogen and oxygen atoms in total. The summed E-state index contributed by atoms with van der Waals surface area (Å²) in [5.74, 6) is -0.675. The van der Waals surface area contributed by atoms with E-state index in [4.69, 9.17) is 12.2 Å². The summed E-state index contributed by atoms with van der Waals surface area (Å²) in [6.07, 6.45) is 1.78. The first-order valence-corrected chi connectivity index (χ1v) is 16.9. The number of anilines is 3. The number of hydrogen-bond acceptors (Lipinski definition) is 4. The van der Waals surface area contributed by atoms with E-state index >= 15 is 0 Å². The number of amides is 2. The molecule has 1 fully saturated rings. The topological polar surface area (TPSA) is 43.9 Å². The zero-order valence-electron chi connectivity index (χ0n) is 20.2. The summed E-state index contributed by atoms with van der Waals surface area (Å²) >= 11 is 4.39. The van der Waals surface area contributed by atoms with E-state index in [1.54, 1.807) is 20.2 Å². The van der Waals surface area contributed by atoms with Crippen LogP contribution in [0.1, 0.15) is 17.4 Å². The van der Waals surface area contributed by atoms with Gasteiger partial charge in [0.25, 0.3) is 0 Å². The van der Waals surface area contributed by atoms with Crippen molar-refractivity contribution in [1.29, 1.82) is 0 Å². The molecule has 0 aliphatic carbocycles. The molecule has 1 aromatic heterocycles. The number of likely N-dealkylation sites (N-methyl/N-ethyl adjacent to an activating group) is 2. The van der Waals surface area contributed by atoms with E-state index in [1.165, 1.54) is 47.3 Å². The molecule has 5 rings (SSSR count). The fourth-order valence-electron chi connectivity index (χ4n) is 5.33. The summed E-state index contributed by atoms with van der Waals surface area (Å²) in [6, 6.07) is 24.3. The van der Waals surface area contributed by atoms with Crippen LogP contribution < -0.4 is 15.3 Å². The van der Waals surface area contributed by atoms with Crippen molar-refractivity contribution in [3.8, 4) is 0 Å². The van der Waals surface area contributed by atoms with Crippen LogP contribution in [0.15, 0.2) is 66.2 Å². The van der Waals surface area contributed by atoms with Crippen molar-refractivity contribution in [1.82, 2.24) is 9.80 Å². The molecule has 0 saturated carbocycles. The molecule has 8 heteroatoms. The van der Waals surface area contributed by atoms with Crippen LogP contribution in [0.3, 0.4) is 0 Å². The predicted molar refractivity (Wildman–Crippen MR) is 150 cm³/mol. The molecule has 0 unspecified atom stereocenters. The van der Waals surface area contributed by atoms with Gasteiger partial charge in [0.1, 0.15) is 0 Å². The van der Waals surface area contributed by atoms with Crippen molar-refractivity contribution < 1.29 is 9.59 Å². The summed E-state index contributed by atoms with van der Waals surface area (Å²) in [7, 11) is 1.38. The molecular formula is C27H27N3O2SSiTe. The molecule has 0 spiro atoms. The van der Waals surface area contributed by atoms with Gasteiger partial charge in [0, 0.05) is 0 Å². The third kappa shape index (κ3) is 3.66. The first kappa shape index (κ1) is 24.2. The normalized spacial score (nSPS) is 17.0. The quantitative estimate of drug-likeness (QED) is 0.195. The van der Waals surface area contributed by atoms with E-state index in [0.29, 0.717) is 0 Å². The van der Waals surface area contributed by atoms with Gasteiger partial charge in [-0.2, -0.15) is 0 Å². The van der Waals surface area contributed by atoms with Crippen LogP contribution in [0.25, 0.3) is 6.08 Å². The van der Waals surface area contributed by atoms with Crippen LogP contribution in [0, 0.1) is 0 Å². The van der Waals surface area contributed by atoms with Gasteiger partial charge in [-0.3, -0.25) is 0 Å². The van der Waals surface area contributed by atoms with Gasteiger partial charge < -0.3 is 0 Å². The number of rotatable bonds is 4. The molecule has 2 aliphatic rings. The summed E-state index contributed by atoms with van der Waals surface area (Å²) in [4.78, 5) is 30.8. The molecule has 178 valence electrons. The number of benzene rings is 2. The first-order chi connectivity index (χ1) is 16.8. The molecule has 3 aromatic rings. The van der Waals surface area contributed by atoms with Gasteiger partial charge in [0.15, 0.2) is 0 Å². The van der Waals surface area contributed by atoms with Crippen LogP contribution in [0.4, 0.5) is 15.1 Å². The maximum atomic E-state index is 12.8. The predicted octanol–water partition coefficient (Wildman–Crippen LogP) is 3.73. The Morgan fingerprint density at radius 3 is 1.86 bits per heavy atom. The molecule has 35 heavy (non-hydrogen) atoms. The Bertz CT molecular complexity index is 1320. The van der Waals surface area contributed by atoms with E-state index in [2.05, 4.69) is 79.4 Å². The monoisotopic (exact) mass is 615 g/mol. The Balaban J connectivity index is 1.62. The number of nitrogens with zero attached hydrogens (tertiary/aromatic N) is 3.